The highest BCUT2D eigenvalue weighted by Crippen LogP contribution is 2.19. The van der Waals surface area contributed by atoms with Crippen molar-refractivity contribution in [1.82, 2.24) is 4.90 Å². The van der Waals surface area contributed by atoms with Crippen molar-refractivity contribution >= 4 is 5.91 Å². The number of unbranched alkanes of at least 4 members (excludes halogenated alkanes) is 2. The quantitative estimate of drug-likeness (QED) is 0.675. The molecule has 0 atom stereocenters. The van der Waals surface area contributed by atoms with Gasteiger partial charge in [0.2, 0.25) is 5.91 Å². The lowest BCUT2D eigenvalue weighted by molar-refractivity contribution is -0.129. The van der Waals surface area contributed by atoms with Crippen LogP contribution in [-0.4, -0.2) is 42.7 Å². The van der Waals surface area contributed by atoms with Gasteiger partial charge in [-0.3, -0.25) is 4.79 Å². The van der Waals surface area contributed by atoms with Gasteiger partial charge in [0, 0.05) is 26.6 Å². The minimum absolute atomic E-state index is 0.158. The molecule has 0 radical (unpaired) electrons. The minimum Gasteiger partial charge on any atom is -0.494 e. The zero-order valence-corrected chi connectivity index (χ0v) is 13.2. The molecule has 4 nitrogen and oxygen atoms in total. The summed E-state index contributed by atoms with van der Waals surface area (Å²) in [5.74, 6) is 1.03. The van der Waals surface area contributed by atoms with Crippen molar-refractivity contribution in [1.29, 1.82) is 0 Å². The van der Waals surface area contributed by atoms with Crippen LogP contribution in [0, 0.1) is 0 Å². The second-order valence-electron chi connectivity index (χ2n) is 5.14. The SMILES string of the molecule is CCOc1ccccc1CCC(=O)N(C)CCCCCO. The fourth-order valence-corrected chi connectivity index (χ4v) is 2.20. The Bertz CT molecular complexity index is 420. The van der Waals surface area contributed by atoms with E-state index in [2.05, 4.69) is 0 Å². The summed E-state index contributed by atoms with van der Waals surface area (Å²) in [4.78, 5) is 13.9. The van der Waals surface area contributed by atoms with E-state index < -0.39 is 0 Å². The van der Waals surface area contributed by atoms with Crippen molar-refractivity contribution in [3.05, 3.63) is 29.8 Å². The summed E-state index contributed by atoms with van der Waals surface area (Å²) < 4.78 is 5.57. The molecule has 21 heavy (non-hydrogen) atoms. The van der Waals surface area contributed by atoms with Gasteiger partial charge in [0.1, 0.15) is 5.75 Å². The van der Waals surface area contributed by atoms with E-state index in [1.807, 2.05) is 38.2 Å². The average molecular weight is 293 g/mol. The van der Waals surface area contributed by atoms with Crippen molar-refractivity contribution in [3.63, 3.8) is 0 Å². The number of benzene rings is 1. The Morgan fingerprint density at radius 1 is 1.24 bits per heavy atom. The molecule has 1 N–H and O–H groups in total. The fraction of sp³-hybridized carbons (Fsp3) is 0.588. The lowest BCUT2D eigenvalue weighted by atomic mass is 10.1. The molecule has 0 aromatic heterocycles. The Morgan fingerprint density at radius 3 is 2.71 bits per heavy atom. The predicted octanol–water partition coefficient (Wildman–Crippen LogP) is 2.64. The molecule has 0 heterocycles. The van der Waals surface area contributed by atoms with Crippen LogP contribution in [0.3, 0.4) is 0 Å². The maximum Gasteiger partial charge on any atom is 0.222 e. The first-order chi connectivity index (χ1) is 10.2. The number of ether oxygens (including phenoxy) is 1. The smallest absolute Gasteiger partial charge is 0.222 e. The Hall–Kier alpha value is -1.55. The second kappa shape index (κ2) is 10.2. The Balaban J connectivity index is 2.38. The van der Waals surface area contributed by atoms with Crippen molar-refractivity contribution in [2.24, 2.45) is 0 Å². The van der Waals surface area contributed by atoms with Gasteiger partial charge in [-0.25, -0.2) is 0 Å². The molecule has 0 fully saturated rings. The van der Waals surface area contributed by atoms with Gasteiger partial charge in [-0.1, -0.05) is 18.2 Å². The molecule has 0 aliphatic carbocycles. The van der Waals surface area contributed by atoms with Crippen molar-refractivity contribution in [2.45, 2.75) is 39.0 Å². The molecule has 4 heteroatoms. The highest BCUT2D eigenvalue weighted by molar-refractivity contribution is 5.76. The number of para-hydroxylation sites is 1. The molecule has 1 rings (SSSR count). The molecule has 1 aromatic rings. The van der Waals surface area contributed by atoms with Crippen LogP contribution >= 0.6 is 0 Å². The summed E-state index contributed by atoms with van der Waals surface area (Å²) in [6.07, 6.45) is 3.92. The standard InChI is InChI=1S/C17H27NO3/c1-3-21-16-10-6-5-9-15(16)11-12-17(20)18(2)13-7-4-8-14-19/h5-6,9-10,19H,3-4,7-8,11-14H2,1-2H3. The Labute approximate surface area is 127 Å². The van der Waals surface area contributed by atoms with Crippen LogP contribution in [0.4, 0.5) is 0 Å². The number of amides is 1. The van der Waals surface area contributed by atoms with Crippen molar-refractivity contribution in [3.8, 4) is 5.75 Å². The van der Waals surface area contributed by atoms with E-state index in [0.29, 0.717) is 19.4 Å². The van der Waals surface area contributed by atoms with Gasteiger partial charge in [0.05, 0.1) is 6.61 Å². The Kier molecular flexibility index (Phi) is 8.51. The van der Waals surface area contributed by atoms with Gasteiger partial charge in [-0.2, -0.15) is 0 Å². The Morgan fingerprint density at radius 2 is 2.00 bits per heavy atom. The molecule has 0 bridgehead atoms. The molecule has 0 spiro atoms. The van der Waals surface area contributed by atoms with Crippen LogP contribution in [0.1, 0.15) is 38.2 Å². The van der Waals surface area contributed by atoms with Crippen LogP contribution in [0.5, 0.6) is 5.75 Å². The van der Waals surface area contributed by atoms with Gasteiger partial charge < -0.3 is 14.7 Å². The van der Waals surface area contributed by atoms with Gasteiger partial charge >= 0.3 is 0 Å². The highest BCUT2D eigenvalue weighted by atomic mass is 16.5. The summed E-state index contributed by atoms with van der Waals surface area (Å²) in [6, 6.07) is 7.88. The fourth-order valence-electron chi connectivity index (χ4n) is 2.20. The largest absolute Gasteiger partial charge is 0.494 e. The van der Waals surface area contributed by atoms with Crippen LogP contribution in [0.2, 0.25) is 0 Å². The number of aryl methyl sites for hydroxylation is 1. The van der Waals surface area contributed by atoms with Gasteiger partial charge in [-0.05, 0) is 44.2 Å². The van der Waals surface area contributed by atoms with E-state index >= 15 is 0 Å². The number of hydrogen-bond donors (Lipinski definition) is 1. The number of carbonyl (C=O) groups is 1. The van der Waals surface area contributed by atoms with E-state index in [1.54, 1.807) is 4.90 Å². The summed E-state index contributed by atoms with van der Waals surface area (Å²) >= 11 is 0. The first-order valence-corrected chi connectivity index (χ1v) is 7.74. The van der Waals surface area contributed by atoms with Crippen LogP contribution in [0.15, 0.2) is 24.3 Å². The molecule has 1 aromatic carbocycles. The number of hydrogen-bond acceptors (Lipinski definition) is 3. The third kappa shape index (κ3) is 6.63. The molecule has 0 unspecified atom stereocenters. The third-order valence-corrected chi connectivity index (χ3v) is 3.46. The van der Waals surface area contributed by atoms with E-state index in [-0.39, 0.29) is 12.5 Å². The van der Waals surface area contributed by atoms with E-state index in [0.717, 1.165) is 37.1 Å². The van der Waals surface area contributed by atoms with Crippen molar-refractivity contribution < 1.29 is 14.6 Å². The number of nitrogens with zero attached hydrogens (tertiary/aromatic N) is 1. The summed E-state index contributed by atoms with van der Waals surface area (Å²) in [6.45, 7) is 3.58. The first kappa shape index (κ1) is 17.5. The average Bonchev–Trinajstić information content (AvgIpc) is 2.50. The normalized spacial score (nSPS) is 10.4. The highest BCUT2D eigenvalue weighted by Gasteiger charge is 2.10. The second-order valence-corrected chi connectivity index (χ2v) is 5.14. The summed E-state index contributed by atoms with van der Waals surface area (Å²) in [5.41, 5.74) is 1.08. The third-order valence-electron chi connectivity index (χ3n) is 3.46. The lowest BCUT2D eigenvalue weighted by Crippen LogP contribution is -2.28. The van der Waals surface area contributed by atoms with E-state index in [9.17, 15) is 4.79 Å². The van der Waals surface area contributed by atoms with Crippen LogP contribution in [0.25, 0.3) is 0 Å². The zero-order chi connectivity index (χ0) is 15.5. The van der Waals surface area contributed by atoms with E-state index in [4.69, 9.17) is 9.84 Å². The number of carbonyl (C=O) groups excluding carboxylic acids is 1. The zero-order valence-electron chi connectivity index (χ0n) is 13.2. The number of aliphatic hydroxyl groups is 1. The predicted molar refractivity (Wildman–Crippen MR) is 84.5 cm³/mol. The van der Waals surface area contributed by atoms with Gasteiger partial charge in [-0.15, -0.1) is 0 Å². The minimum atomic E-state index is 0.158. The molecule has 1 amide bonds. The summed E-state index contributed by atoms with van der Waals surface area (Å²) in [7, 11) is 1.84. The molecular formula is C17H27NO3. The van der Waals surface area contributed by atoms with Gasteiger partial charge in [0.25, 0.3) is 0 Å². The maximum atomic E-state index is 12.1. The van der Waals surface area contributed by atoms with E-state index in [1.165, 1.54) is 0 Å². The summed E-state index contributed by atoms with van der Waals surface area (Å²) in [5, 5.41) is 8.73. The molecule has 0 aliphatic heterocycles. The topological polar surface area (TPSA) is 49.8 Å². The lowest BCUT2D eigenvalue weighted by Gasteiger charge is -2.17. The van der Waals surface area contributed by atoms with Crippen LogP contribution in [-0.2, 0) is 11.2 Å². The molecule has 0 aliphatic rings. The molecule has 0 saturated heterocycles. The first-order valence-electron chi connectivity index (χ1n) is 7.74. The van der Waals surface area contributed by atoms with Crippen LogP contribution < -0.4 is 4.74 Å². The molecule has 0 saturated carbocycles. The monoisotopic (exact) mass is 293 g/mol. The number of aliphatic hydroxyl groups excluding tert-OH is 1. The maximum absolute atomic E-state index is 12.1. The molecular weight excluding hydrogens is 266 g/mol. The van der Waals surface area contributed by atoms with Gasteiger partial charge in [0.15, 0.2) is 0 Å². The number of rotatable bonds is 10. The molecule has 118 valence electrons. The van der Waals surface area contributed by atoms with Crippen molar-refractivity contribution in [2.75, 3.05) is 26.8 Å².